The standard InChI is InChI=1S/C55H106O6/c1-5-7-9-11-13-15-17-22-27-30-34-38-42-46-53(56)59-49-52(61-55(58)48-44-40-36-32-26-18-16-14-12-10-8-6-2)50-60-54(57)47-43-39-35-31-28-24-21-19-20-23-25-29-33-37-41-45-51(3)4/h51-52H,5-50H2,1-4H3/t52-/m0/s1. The zero-order chi connectivity index (χ0) is 44.5. The van der Waals surface area contributed by atoms with Gasteiger partial charge in [-0.1, -0.05) is 272 Å². The van der Waals surface area contributed by atoms with E-state index in [1.54, 1.807) is 0 Å². The van der Waals surface area contributed by atoms with Gasteiger partial charge >= 0.3 is 17.9 Å². The van der Waals surface area contributed by atoms with Gasteiger partial charge in [-0.3, -0.25) is 14.4 Å². The largest absolute Gasteiger partial charge is 0.462 e. The molecule has 0 aliphatic carbocycles. The number of carbonyl (C=O) groups excluding carboxylic acids is 3. The summed E-state index contributed by atoms with van der Waals surface area (Å²) >= 11 is 0. The van der Waals surface area contributed by atoms with Crippen molar-refractivity contribution in [3.63, 3.8) is 0 Å². The zero-order valence-electron chi connectivity index (χ0n) is 41.6. The molecule has 0 N–H and O–H groups in total. The van der Waals surface area contributed by atoms with E-state index < -0.39 is 6.10 Å². The summed E-state index contributed by atoms with van der Waals surface area (Å²) in [6.45, 7) is 9.05. The van der Waals surface area contributed by atoms with E-state index >= 15 is 0 Å². The molecule has 61 heavy (non-hydrogen) atoms. The third-order valence-electron chi connectivity index (χ3n) is 12.5. The van der Waals surface area contributed by atoms with Crippen LogP contribution in [0.15, 0.2) is 0 Å². The number of carbonyl (C=O) groups is 3. The highest BCUT2D eigenvalue weighted by Crippen LogP contribution is 2.17. The SMILES string of the molecule is CCCCCCCCCCCCCCCC(=O)OC[C@@H](COC(=O)CCCCCCCCCCCCCCCCCC(C)C)OC(=O)CCCCCCCCCCCCCC. The molecule has 0 saturated heterocycles. The minimum absolute atomic E-state index is 0.0622. The summed E-state index contributed by atoms with van der Waals surface area (Å²) in [6, 6.07) is 0. The predicted octanol–water partition coefficient (Wildman–Crippen LogP) is 17.8. The molecule has 0 unspecified atom stereocenters. The number of esters is 3. The average molecular weight is 863 g/mol. The molecule has 0 saturated carbocycles. The van der Waals surface area contributed by atoms with E-state index in [1.165, 1.54) is 205 Å². The average Bonchev–Trinajstić information content (AvgIpc) is 3.24. The topological polar surface area (TPSA) is 78.9 Å². The number of hydrogen-bond acceptors (Lipinski definition) is 6. The smallest absolute Gasteiger partial charge is 0.306 e. The van der Waals surface area contributed by atoms with E-state index in [1.807, 2.05) is 0 Å². The Balaban J connectivity index is 4.26. The highest BCUT2D eigenvalue weighted by Gasteiger charge is 2.19. The first-order valence-corrected chi connectivity index (χ1v) is 27.4. The van der Waals surface area contributed by atoms with Crippen LogP contribution in [0.25, 0.3) is 0 Å². The first kappa shape index (κ1) is 59.4. The molecule has 0 aromatic carbocycles. The summed E-state index contributed by atoms with van der Waals surface area (Å²) in [6.07, 6.45) is 52.3. The number of rotatable bonds is 50. The Hall–Kier alpha value is -1.59. The fraction of sp³-hybridized carbons (Fsp3) is 0.945. The highest BCUT2D eigenvalue weighted by atomic mass is 16.6. The Labute approximate surface area is 380 Å². The van der Waals surface area contributed by atoms with Gasteiger partial charge in [0.1, 0.15) is 13.2 Å². The fourth-order valence-corrected chi connectivity index (χ4v) is 8.39. The van der Waals surface area contributed by atoms with Crippen molar-refractivity contribution >= 4 is 17.9 Å². The molecule has 0 fully saturated rings. The lowest BCUT2D eigenvalue weighted by atomic mass is 10.0. The van der Waals surface area contributed by atoms with Crippen molar-refractivity contribution in [1.29, 1.82) is 0 Å². The van der Waals surface area contributed by atoms with Gasteiger partial charge in [0.15, 0.2) is 6.10 Å². The third kappa shape index (κ3) is 49.3. The Morgan fingerprint density at radius 2 is 0.541 bits per heavy atom. The third-order valence-corrected chi connectivity index (χ3v) is 12.5. The minimum atomic E-state index is -0.760. The molecule has 362 valence electrons. The van der Waals surface area contributed by atoms with Crippen molar-refractivity contribution in [2.45, 2.75) is 316 Å². The van der Waals surface area contributed by atoms with E-state index in [2.05, 4.69) is 27.7 Å². The van der Waals surface area contributed by atoms with Crippen LogP contribution in [-0.4, -0.2) is 37.2 Å². The Kier molecular flexibility index (Phi) is 48.1. The minimum Gasteiger partial charge on any atom is -0.462 e. The number of hydrogen-bond donors (Lipinski definition) is 0. The van der Waals surface area contributed by atoms with Gasteiger partial charge in [-0.25, -0.2) is 0 Å². The lowest BCUT2D eigenvalue weighted by molar-refractivity contribution is -0.167. The van der Waals surface area contributed by atoms with E-state index in [4.69, 9.17) is 14.2 Å². The molecule has 0 aliphatic rings. The van der Waals surface area contributed by atoms with Crippen molar-refractivity contribution < 1.29 is 28.6 Å². The second kappa shape index (κ2) is 49.4. The summed E-state index contributed by atoms with van der Waals surface area (Å²) in [7, 11) is 0. The Bertz CT molecular complexity index is 918. The van der Waals surface area contributed by atoms with Gasteiger partial charge in [0, 0.05) is 19.3 Å². The summed E-state index contributed by atoms with van der Waals surface area (Å²) in [5, 5.41) is 0. The van der Waals surface area contributed by atoms with Gasteiger partial charge in [0.2, 0.25) is 0 Å². The predicted molar refractivity (Wildman–Crippen MR) is 261 cm³/mol. The van der Waals surface area contributed by atoms with Crippen LogP contribution in [0.3, 0.4) is 0 Å². The number of unbranched alkanes of at least 4 members (excludes halogenated alkanes) is 37. The molecule has 0 aromatic rings. The van der Waals surface area contributed by atoms with Gasteiger partial charge in [-0.05, 0) is 25.2 Å². The van der Waals surface area contributed by atoms with E-state index in [9.17, 15) is 14.4 Å². The Morgan fingerprint density at radius 1 is 0.311 bits per heavy atom. The van der Waals surface area contributed by atoms with Crippen molar-refractivity contribution in [1.82, 2.24) is 0 Å². The van der Waals surface area contributed by atoms with Crippen LogP contribution in [0.1, 0.15) is 310 Å². The lowest BCUT2D eigenvalue weighted by Crippen LogP contribution is -2.30. The summed E-state index contributed by atoms with van der Waals surface area (Å²) in [4.78, 5) is 38.0. The molecule has 6 nitrogen and oxygen atoms in total. The second-order valence-electron chi connectivity index (χ2n) is 19.3. The van der Waals surface area contributed by atoms with Gasteiger partial charge in [0.05, 0.1) is 0 Å². The molecule has 0 spiro atoms. The van der Waals surface area contributed by atoms with Gasteiger partial charge in [-0.15, -0.1) is 0 Å². The molecule has 0 radical (unpaired) electrons. The van der Waals surface area contributed by atoms with Crippen LogP contribution >= 0.6 is 0 Å². The van der Waals surface area contributed by atoms with Gasteiger partial charge < -0.3 is 14.2 Å². The molecule has 0 rings (SSSR count). The summed E-state index contributed by atoms with van der Waals surface area (Å²) < 4.78 is 16.8. The zero-order valence-corrected chi connectivity index (χ0v) is 41.6. The normalized spacial score (nSPS) is 12.0. The van der Waals surface area contributed by atoms with E-state index in [0.29, 0.717) is 19.3 Å². The maximum absolute atomic E-state index is 12.8. The molecule has 0 bridgehead atoms. The summed E-state index contributed by atoms with van der Waals surface area (Å²) in [5.41, 5.74) is 0. The van der Waals surface area contributed by atoms with Crippen LogP contribution in [0.4, 0.5) is 0 Å². The molecule has 1 atom stereocenters. The van der Waals surface area contributed by atoms with Crippen molar-refractivity contribution in [3.8, 4) is 0 Å². The van der Waals surface area contributed by atoms with Crippen LogP contribution in [0, 0.1) is 5.92 Å². The monoisotopic (exact) mass is 863 g/mol. The maximum Gasteiger partial charge on any atom is 0.306 e. The van der Waals surface area contributed by atoms with Gasteiger partial charge in [-0.2, -0.15) is 0 Å². The van der Waals surface area contributed by atoms with Crippen LogP contribution in [0.5, 0.6) is 0 Å². The quantitative estimate of drug-likeness (QED) is 0.0344. The van der Waals surface area contributed by atoms with Crippen LogP contribution < -0.4 is 0 Å². The van der Waals surface area contributed by atoms with E-state index in [0.717, 1.165) is 63.7 Å². The number of ether oxygens (including phenoxy) is 3. The summed E-state index contributed by atoms with van der Waals surface area (Å²) in [5.74, 6) is 0.00955. The highest BCUT2D eigenvalue weighted by molar-refractivity contribution is 5.71. The molecular weight excluding hydrogens is 757 g/mol. The maximum atomic E-state index is 12.8. The molecule has 0 heterocycles. The molecule has 0 aliphatic heterocycles. The van der Waals surface area contributed by atoms with Crippen molar-refractivity contribution in [2.75, 3.05) is 13.2 Å². The molecule has 0 amide bonds. The lowest BCUT2D eigenvalue weighted by Gasteiger charge is -2.18. The van der Waals surface area contributed by atoms with Crippen LogP contribution in [-0.2, 0) is 28.6 Å². The molecular formula is C55H106O6. The first-order valence-electron chi connectivity index (χ1n) is 27.4. The van der Waals surface area contributed by atoms with E-state index in [-0.39, 0.29) is 31.1 Å². The molecule has 0 aromatic heterocycles. The molecule has 6 heteroatoms. The second-order valence-corrected chi connectivity index (χ2v) is 19.3. The first-order chi connectivity index (χ1) is 29.9. The van der Waals surface area contributed by atoms with Crippen molar-refractivity contribution in [3.05, 3.63) is 0 Å². The van der Waals surface area contributed by atoms with Crippen LogP contribution in [0.2, 0.25) is 0 Å². The van der Waals surface area contributed by atoms with Gasteiger partial charge in [0.25, 0.3) is 0 Å². The van der Waals surface area contributed by atoms with Crippen molar-refractivity contribution in [2.24, 2.45) is 5.92 Å². The fourth-order valence-electron chi connectivity index (χ4n) is 8.39. The Morgan fingerprint density at radius 3 is 0.803 bits per heavy atom.